The van der Waals surface area contributed by atoms with Gasteiger partial charge in [0, 0.05) is 20.6 Å². The van der Waals surface area contributed by atoms with Gasteiger partial charge in [-0.1, -0.05) is 0 Å². The monoisotopic (exact) mass is 267 g/mol. The Morgan fingerprint density at radius 1 is 1.44 bits per heavy atom. The number of aromatic nitrogens is 1. The number of nitrogens with zero attached hydrogens (tertiary/aromatic N) is 3. The minimum atomic E-state index is -0.316. The molecule has 0 saturated carbocycles. The summed E-state index contributed by atoms with van der Waals surface area (Å²) in [5.41, 5.74) is 1.64. The van der Waals surface area contributed by atoms with E-state index in [1.807, 2.05) is 0 Å². The third-order valence-electron chi connectivity index (χ3n) is 3.13. The van der Waals surface area contributed by atoms with Gasteiger partial charge in [0.05, 0.1) is 11.7 Å². The van der Waals surface area contributed by atoms with E-state index in [-0.39, 0.29) is 17.9 Å². The number of thiazole rings is 1. The number of piperidine rings is 1. The van der Waals surface area contributed by atoms with Crippen molar-refractivity contribution < 1.29 is 9.59 Å². The van der Waals surface area contributed by atoms with Crippen molar-refractivity contribution in [2.75, 3.05) is 20.6 Å². The van der Waals surface area contributed by atoms with Crippen LogP contribution >= 0.6 is 11.3 Å². The molecule has 0 radical (unpaired) electrons. The van der Waals surface area contributed by atoms with Gasteiger partial charge < -0.3 is 9.80 Å². The molecule has 0 N–H and O–H groups in total. The fourth-order valence-electron chi connectivity index (χ4n) is 2.19. The van der Waals surface area contributed by atoms with Crippen LogP contribution in [-0.2, 0) is 4.79 Å². The summed E-state index contributed by atoms with van der Waals surface area (Å²) in [6.45, 7) is 0.654. The van der Waals surface area contributed by atoms with Crippen molar-refractivity contribution >= 4 is 23.2 Å². The van der Waals surface area contributed by atoms with Crippen LogP contribution in [0.15, 0.2) is 11.7 Å². The van der Waals surface area contributed by atoms with E-state index in [9.17, 15) is 9.59 Å². The summed E-state index contributed by atoms with van der Waals surface area (Å²) in [6, 6.07) is -0.316. The van der Waals surface area contributed by atoms with Crippen LogP contribution < -0.4 is 0 Å². The van der Waals surface area contributed by atoms with Crippen LogP contribution in [0.2, 0.25) is 0 Å². The lowest BCUT2D eigenvalue weighted by Gasteiger charge is -2.35. The number of likely N-dealkylation sites (N-methyl/N-ethyl adjacent to an activating group) is 1. The van der Waals surface area contributed by atoms with E-state index in [4.69, 9.17) is 0 Å². The van der Waals surface area contributed by atoms with Gasteiger partial charge in [-0.2, -0.15) is 0 Å². The lowest BCUT2D eigenvalue weighted by atomic mass is 10.0. The highest BCUT2D eigenvalue weighted by atomic mass is 32.1. The van der Waals surface area contributed by atoms with Crippen molar-refractivity contribution in [3.8, 4) is 0 Å². The van der Waals surface area contributed by atoms with E-state index in [2.05, 4.69) is 4.98 Å². The topological polar surface area (TPSA) is 53.5 Å². The molecule has 6 heteroatoms. The molecule has 1 saturated heterocycles. The Bertz CT molecular complexity index is 431. The zero-order valence-electron chi connectivity index (χ0n) is 10.6. The summed E-state index contributed by atoms with van der Waals surface area (Å²) in [5, 5.41) is 0. The minimum Gasteiger partial charge on any atom is -0.347 e. The number of carbonyl (C=O) groups excluding carboxylic acids is 2. The molecule has 0 aliphatic carbocycles. The van der Waals surface area contributed by atoms with Gasteiger partial charge in [-0.15, -0.1) is 11.3 Å². The van der Waals surface area contributed by atoms with Crippen LogP contribution in [-0.4, -0.2) is 53.3 Å². The first-order valence-electron chi connectivity index (χ1n) is 6.02. The molecule has 1 unspecified atom stereocenters. The van der Waals surface area contributed by atoms with Gasteiger partial charge in [0.2, 0.25) is 5.91 Å². The van der Waals surface area contributed by atoms with Gasteiger partial charge in [0.15, 0.2) is 0 Å². The number of carbonyl (C=O) groups is 2. The molecular weight excluding hydrogens is 250 g/mol. The van der Waals surface area contributed by atoms with E-state index in [0.717, 1.165) is 19.3 Å². The Kier molecular flexibility index (Phi) is 3.96. The second-order valence-corrected chi connectivity index (χ2v) is 5.49. The number of rotatable bonds is 2. The molecule has 0 bridgehead atoms. The average Bonchev–Trinajstić information content (AvgIpc) is 2.90. The Balaban J connectivity index is 2.18. The zero-order valence-corrected chi connectivity index (χ0v) is 11.4. The average molecular weight is 267 g/mol. The normalized spacial score (nSPS) is 19.7. The third-order valence-corrected chi connectivity index (χ3v) is 3.89. The summed E-state index contributed by atoms with van der Waals surface area (Å²) in [7, 11) is 3.46. The molecule has 98 valence electrons. The molecule has 1 aromatic heterocycles. The Hall–Kier alpha value is -1.43. The van der Waals surface area contributed by atoms with Crippen LogP contribution in [0.25, 0.3) is 0 Å². The number of amides is 2. The Labute approximate surface area is 110 Å². The van der Waals surface area contributed by atoms with Crippen molar-refractivity contribution in [1.82, 2.24) is 14.8 Å². The van der Waals surface area contributed by atoms with Crippen LogP contribution in [0.5, 0.6) is 0 Å². The molecule has 5 nitrogen and oxygen atoms in total. The first-order valence-corrected chi connectivity index (χ1v) is 6.90. The molecule has 1 fully saturated rings. The molecule has 1 aliphatic heterocycles. The van der Waals surface area contributed by atoms with Crippen molar-refractivity contribution in [2.45, 2.75) is 25.3 Å². The largest absolute Gasteiger partial charge is 0.347 e. The van der Waals surface area contributed by atoms with Crippen LogP contribution in [0.3, 0.4) is 0 Å². The van der Waals surface area contributed by atoms with Crippen LogP contribution in [0, 0.1) is 0 Å². The number of likely N-dealkylation sites (tertiary alicyclic amines) is 1. The first-order chi connectivity index (χ1) is 8.61. The van der Waals surface area contributed by atoms with Crippen molar-refractivity contribution in [3.05, 3.63) is 16.6 Å². The fourth-order valence-corrected chi connectivity index (χ4v) is 2.77. The van der Waals surface area contributed by atoms with E-state index in [1.54, 1.807) is 35.6 Å². The summed E-state index contributed by atoms with van der Waals surface area (Å²) >= 11 is 1.32. The number of hydrogen-bond donors (Lipinski definition) is 0. The van der Waals surface area contributed by atoms with Gasteiger partial charge in [-0.25, -0.2) is 0 Å². The Morgan fingerprint density at radius 2 is 2.22 bits per heavy atom. The maximum atomic E-state index is 12.3. The standard InChI is InChI=1S/C12H17N3O2S/c1-14(2)11(16)9-5-3-4-6-15(9)12(17)10-7-13-8-18-10/h7-9H,3-6H2,1-2H3. The SMILES string of the molecule is CN(C)C(=O)C1CCCCN1C(=O)c1cncs1. The lowest BCUT2D eigenvalue weighted by molar-refractivity contribution is -0.134. The summed E-state index contributed by atoms with van der Waals surface area (Å²) in [5.74, 6) is -0.0648. The third kappa shape index (κ3) is 2.53. The minimum absolute atomic E-state index is 0.00700. The predicted octanol–water partition coefficient (Wildman–Crippen LogP) is 1.23. The van der Waals surface area contributed by atoms with Crippen molar-refractivity contribution in [2.24, 2.45) is 0 Å². The van der Waals surface area contributed by atoms with E-state index < -0.39 is 0 Å². The molecule has 0 aromatic carbocycles. The van der Waals surface area contributed by atoms with Crippen molar-refractivity contribution in [1.29, 1.82) is 0 Å². The van der Waals surface area contributed by atoms with Crippen LogP contribution in [0.1, 0.15) is 28.9 Å². The Morgan fingerprint density at radius 3 is 2.83 bits per heavy atom. The maximum absolute atomic E-state index is 12.3. The highest BCUT2D eigenvalue weighted by Gasteiger charge is 2.33. The molecule has 2 heterocycles. The highest BCUT2D eigenvalue weighted by molar-refractivity contribution is 7.11. The molecule has 0 spiro atoms. The summed E-state index contributed by atoms with van der Waals surface area (Å²) in [6.07, 6.45) is 4.28. The van der Waals surface area contributed by atoms with E-state index in [1.165, 1.54) is 11.3 Å². The van der Waals surface area contributed by atoms with E-state index in [0.29, 0.717) is 11.4 Å². The smallest absolute Gasteiger partial charge is 0.266 e. The zero-order chi connectivity index (χ0) is 13.1. The quantitative estimate of drug-likeness (QED) is 0.809. The lowest BCUT2D eigenvalue weighted by Crippen LogP contribution is -2.51. The molecule has 18 heavy (non-hydrogen) atoms. The van der Waals surface area contributed by atoms with Crippen molar-refractivity contribution in [3.63, 3.8) is 0 Å². The van der Waals surface area contributed by atoms with Gasteiger partial charge in [0.25, 0.3) is 5.91 Å². The van der Waals surface area contributed by atoms with E-state index >= 15 is 0 Å². The predicted molar refractivity (Wildman–Crippen MR) is 69.5 cm³/mol. The van der Waals surface area contributed by atoms with Gasteiger partial charge in [-0.3, -0.25) is 14.6 Å². The fraction of sp³-hybridized carbons (Fsp3) is 0.583. The maximum Gasteiger partial charge on any atom is 0.266 e. The second-order valence-electron chi connectivity index (χ2n) is 4.61. The van der Waals surface area contributed by atoms with Gasteiger partial charge in [0.1, 0.15) is 10.9 Å². The highest BCUT2D eigenvalue weighted by Crippen LogP contribution is 2.22. The van der Waals surface area contributed by atoms with Gasteiger partial charge >= 0.3 is 0 Å². The first kappa shape index (κ1) is 13.0. The number of hydrogen-bond acceptors (Lipinski definition) is 4. The molecule has 1 atom stereocenters. The molecular formula is C12H17N3O2S. The summed E-state index contributed by atoms with van der Waals surface area (Å²) in [4.78, 5) is 32.2. The molecule has 2 rings (SSSR count). The summed E-state index contributed by atoms with van der Waals surface area (Å²) < 4.78 is 0. The second kappa shape index (κ2) is 5.48. The molecule has 1 aliphatic rings. The van der Waals surface area contributed by atoms with Gasteiger partial charge in [-0.05, 0) is 19.3 Å². The molecule has 1 aromatic rings. The molecule has 2 amide bonds. The van der Waals surface area contributed by atoms with Crippen LogP contribution in [0.4, 0.5) is 0 Å².